The quantitative estimate of drug-likeness (QED) is 0.909. The second-order valence-electron chi connectivity index (χ2n) is 5.73. The van der Waals surface area contributed by atoms with Crippen LogP contribution in [0.5, 0.6) is 5.75 Å². The number of amides is 1. The molecule has 1 amide bonds. The molecule has 1 saturated heterocycles. The molecule has 0 spiro atoms. The van der Waals surface area contributed by atoms with Crippen molar-refractivity contribution in [3.8, 4) is 5.75 Å². The van der Waals surface area contributed by atoms with Crippen LogP contribution in [-0.2, 0) is 18.3 Å². The Morgan fingerprint density at radius 1 is 1.46 bits per heavy atom. The van der Waals surface area contributed by atoms with E-state index in [0.29, 0.717) is 13.0 Å². The summed E-state index contributed by atoms with van der Waals surface area (Å²) in [6.45, 7) is 2.24. The van der Waals surface area contributed by atoms with E-state index in [9.17, 15) is 4.79 Å². The number of hydrogen-bond donors (Lipinski definition) is 1. The van der Waals surface area contributed by atoms with Crippen molar-refractivity contribution in [2.45, 2.75) is 12.5 Å². The van der Waals surface area contributed by atoms with Crippen LogP contribution < -0.4 is 10.1 Å². The molecule has 1 aromatic carbocycles. The number of nitrogens with zero attached hydrogens (tertiary/aromatic N) is 3. The van der Waals surface area contributed by atoms with E-state index in [1.165, 1.54) is 0 Å². The topological polar surface area (TPSA) is 59.4 Å². The van der Waals surface area contributed by atoms with Crippen LogP contribution in [0.2, 0.25) is 0 Å². The van der Waals surface area contributed by atoms with Crippen LogP contribution in [-0.4, -0.2) is 47.1 Å². The van der Waals surface area contributed by atoms with Gasteiger partial charge in [-0.3, -0.25) is 4.79 Å². The SMILES string of the molecule is COc1cccc(CC(=O)N2CCNCC2c2nccn2C)c1.Cl. The highest BCUT2D eigenvalue weighted by molar-refractivity contribution is 5.85. The number of hydrogen-bond acceptors (Lipinski definition) is 4. The number of methoxy groups -OCH3 is 1. The highest BCUT2D eigenvalue weighted by Crippen LogP contribution is 2.22. The molecule has 2 heterocycles. The van der Waals surface area contributed by atoms with Crippen LogP contribution in [0.4, 0.5) is 0 Å². The molecule has 1 aliphatic rings. The Morgan fingerprint density at radius 2 is 2.29 bits per heavy atom. The predicted molar refractivity (Wildman–Crippen MR) is 94.5 cm³/mol. The molecule has 1 aliphatic heterocycles. The molecular formula is C17H23ClN4O2. The molecule has 1 N–H and O–H groups in total. The average molecular weight is 351 g/mol. The van der Waals surface area contributed by atoms with Crippen LogP contribution >= 0.6 is 12.4 Å². The average Bonchev–Trinajstić information content (AvgIpc) is 3.01. The highest BCUT2D eigenvalue weighted by Gasteiger charge is 2.30. The fourth-order valence-electron chi connectivity index (χ4n) is 2.99. The first kappa shape index (κ1) is 18.3. The van der Waals surface area contributed by atoms with Crippen molar-refractivity contribution in [3.05, 3.63) is 48.0 Å². The first-order chi connectivity index (χ1) is 11.2. The van der Waals surface area contributed by atoms with Crippen LogP contribution in [0.3, 0.4) is 0 Å². The number of aromatic nitrogens is 2. The minimum atomic E-state index is -0.0261. The summed E-state index contributed by atoms with van der Waals surface area (Å²) in [5.41, 5.74) is 0.964. The third kappa shape index (κ3) is 3.88. The summed E-state index contributed by atoms with van der Waals surface area (Å²) < 4.78 is 7.21. The minimum Gasteiger partial charge on any atom is -0.497 e. The first-order valence-electron chi connectivity index (χ1n) is 7.79. The zero-order chi connectivity index (χ0) is 16.2. The van der Waals surface area contributed by atoms with Gasteiger partial charge in [-0.25, -0.2) is 4.98 Å². The van der Waals surface area contributed by atoms with Crippen molar-refractivity contribution in [2.75, 3.05) is 26.7 Å². The van der Waals surface area contributed by atoms with Gasteiger partial charge in [0.05, 0.1) is 13.5 Å². The largest absolute Gasteiger partial charge is 0.497 e. The van der Waals surface area contributed by atoms with E-state index in [1.807, 2.05) is 47.0 Å². The van der Waals surface area contributed by atoms with Crippen molar-refractivity contribution in [2.24, 2.45) is 7.05 Å². The van der Waals surface area contributed by atoms with E-state index in [0.717, 1.165) is 30.2 Å². The number of aryl methyl sites for hydroxylation is 1. The van der Waals surface area contributed by atoms with Crippen molar-refractivity contribution < 1.29 is 9.53 Å². The molecule has 1 atom stereocenters. The van der Waals surface area contributed by atoms with Gasteiger partial charge in [0.25, 0.3) is 0 Å². The van der Waals surface area contributed by atoms with E-state index in [1.54, 1.807) is 13.3 Å². The monoisotopic (exact) mass is 350 g/mol. The number of ether oxygens (including phenoxy) is 1. The lowest BCUT2D eigenvalue weighted by atomic mass is 10.1. The number of imidazole rings is 1. The maximum absolute atomic E-state index is 12.8. The number of rotatable bonds is 4. The predicted octanol–water partition coefficient (Wildman–Crippen LogP) is 1.57. The van der Waals surface area contributed by atoms with Gasteiger partial charge in [0.1, 0.15) is 17.6 Å². The van der Waals surface area contributed by atoms with Gasteiger partial charge < -0.3 is 19.5 Å². The summed E-state index contributed by atoms with van der Waals surface area (Å²) in [7, 11) is 3.59. The Hall–Kier alpha value is -2.05. The van der Waals surface area contributed by atoms with E-state index in [2.05, 4.69) is 10.3 Å². The maximum atomic E-state index is 12.8. The van der Waals surface area contributed by atoms with Crippen LogP contribution in [0, 0.1) is 0 Å². The molecule has 24 heavy (non-hydrogen) atoms. The molecule has 1 fully saturated rings. The summed E-state index contributed by atoms with van der Waals surface area (Å²) >= 11 is 0. The fourth-order valence-corrected chi connectivity index (χ4v) is 2.99. The molecule has 130 valence electrons. The Kier molecular flexibility index (Phi) is 6.23. The normalized spacial score (nSPS) is 17.2. The van der Waals surface area contributed by atoms with Gasteiger partial charge in [0.15, 0.2) is 0 Å². The highest BCUT2D eigenvalue weighted by atomic mass is 35.5. The summed E-state index contributed by atoms with van der Waals surface area (Å²) in [6.07, 6.45) is 4.06. The number of piperazine rings is 1. The molecule has 6 nitrogen and oxygen atoms in total. The number of halogens is 1. The number of benzene rings is 1. The molecule has 0 saturated carbocycles. The Bertz CT molecular complexity index is 689. The zero-order valence-electron chi connectivity index (χ0n) is 13.9. The molecule has 0 bridgehead atoms. The fraction of sp³-hybridized carbons (Fsp3) is 0.412. The Morgan fingerprint density at radius 3 is 3.00 bits per heavy atom. The third-order valence-corrected chi connectivity index (χ3v) is 4.21. The molecule has 2 aromatic rings. The van der Waals surface area contributed by atoms with Gasteiger partial charge in [-0.15, -0.1) is 12.4 Å². The number of carbonyl (C=O) groups excluding carboxylic acids is 1. The first-order valence-corrected chi connectivity index (χ1v) is 7.79. The van der Waals surface area contributed by atoms with E-state index < -0.39 is 0 Å². The van der Waals surface area contributed by atoms with Gasteiger partial charge in [0, 0.05) is 39.1 Å². The Balaban J connectivity index is 0.00000208. The summed E-state index contributed by atoms with van der Waals surface area (Å²) in [6, 6.07) is 7.64. The van der Waals surface area contributed by atoms with Gasteiger partial charge in [0.2, 0.25) is 5.91 Å². The maximum Gasteiger partial charge on any atom is 0.227 e. The lowest BCUT2D eigenvalue weighted by molar-refractivity contribution is -0.134. The molecule has 0 radical (unpaired) electrons. The van der Waals surface area contributed by atoms with Gasteiger partial charge in [-0.05, 0) is 17.7 Å². The van der Waals surface area contributed by atoms with Crippen molar-refractivity contribution in [1.82, 2.24) is 19.8 Å². The zero-order valence-corrected chi connectivity index (χ0v) is 14.8. The number of nitrogens with one attached hydrogen (secondary N) is 1. The number of carbonyl (C=O) groups is 1. The Labute approximate surface area is 148 Å². The van der Waals surface area contributed by atoms with Gasteiger partial charge >= 0.3 is 0 Å². The van der Waals surface area contributed by atoms with E-state index in [4.69, 9.17) is 4.74 Å². The van der Waals surface area contributed by atoms with E-state index >= 15 is 0 Å². The second-order valence-corrected chi connectivity index (χ2v) is 5.73. The summed E-state index contributed by atoms with van der Waals surface area (Å²) in [5.74, 6) is 1.81. The van der Waals surface area contributed by atoms with Crippen molar-refractivity contribution >= 4 is 18.3 Å². The summed E-state index contributed by atoms with van der Waals surface area (Å²) in [5, 5.41) is 3.35. The van der Waals surface area contributed by atoms with Gasteiger partial charge in [-0.1, -0.05) is 12.1 Å². The molecular weight excluding hydrogens is 328 g/mol. The molecule has 1 aromatic heterocycles. The third-order valence-electron chi connectivity index (χ3n) is 4.21. The molecule has 7 heteroatoms. The van der Waals surface area contributed by atoms with Crippen LogP contribution in [0.1, 0.15) is 17.4 Å². The van der Waals surface area contributed by atoms with E-state index in [-0.39, 0.29) is 24.4 Å². The summed E-state index contributed by atoms with van der Waals surface area (Å²) in [4.78, 5) is 19.1. The van der Waals surface area contributed by atoms with Crippen molar-refractivity contribution in [3.63, 3.8) is 0 Å². The lowest BCUT2D eigenvalue weighted by Crippen LogP contribution is -2.49. The molecule has 0 aliphatic carbocycles. The molecule has 1 unspecified atom stereocenters. The minimum absolute atomic E-state index is 0. The van der Waals surface area contributed by atoms with Gasteiger partial charge in [-0.2, -0.15) is 0 Å². The second kappa shape index (κ2) is 8.17. The standard InChI is InChI=1S/C17H22N4O2.ClH/c1-20-8-7-19-17(20)15-12-18-6-9-21(15)16(22)11-13-4-3-5-14(10-13)23-2;/h3-5,7-8,10,15,18H,6,9,11-12H2,1-2H3;1H. The van der Waals surface area contributed by atoms with Crippen molar-refractivity contribution in [1.29, 1.82) is 0 Å². The van der Waals surface area contributed by atoms with Crippen LogP contribution in [0.15, 0.2) is 36.7 Å². The molecule has 3 rings (SSSR count). The van der Waals surface area contributed by atoms with Crippen LogP contribution in [0.25, 0.3) is 0 Å². The smallest absolute Gasteiger partial charge is 0.227 e. The lowest BCUT2D eigenvalue weighted by Gasteiger charge is -2.35.